The average Bonchev–Trinajstić information content (AvgIpc) is 2.46. The van der Waals surface area contributed by atoms with E-state index in [0.29, 0.717) is 17.7 Å². The van der Waals surface area contributed by atoms with Gasteiger partial charge in [-0.15, -0.1) is 0 Å². The van der Waals surface area contributed by atoms with Gasteiger partial charge in [0.15, 0.2) is 0 Å². The van der Waals surface area contributed by atoms with Gasteiger partial charge in [0.05, 0.1) is 14.2 Å². The lowest BCUT2D eigenvalue weighted by molar-refractivity contribution is 0.398. The van der Waals surface area contributed by atoms with Gasteiger partial charge in [0, 0.05) is 11.6 Å². The molecule has 1 atom stereocenters. The number of hydrogen-bond acceptors (Lipinski definition) is 3. The van der Waals surface area contributed by atoms with Gasteiger partial charge in [0.1, 0.15) is 17.3 Å². The molecule has 0 saturated carbocycles. The molecule has 2 aromatic carbocycles. The quantitative estimate of drug-likeness (QED) is 0.912. The Morgan fingerprint density at radius 1 is 1.10 bits per heavy atom. The van der Waals surface area contributed by atoms with Crippen molar-refractivity contribution in [2.45, 2.75) is 12.5 Å². The van der Waals surface area contributed by atoms with Crippen molar-refractivity contribution in [1.82, 2.24) is 0 Å². The minimum atomic E-state index is -0.474. The smallest absolute Gasteiger partial charge is 0.131 e. The summed E-state index contributed by atoms with van der Waals surface area (Å²) in [4.78, 5) is 0. The Labute approximate surface area is 118 Å². The van der Waals surface area contributed by atoms with Crippen molar-refractivity contribution in [3.8, 4) is 11.5 Å². The number of hydrogen-bond donors (Lipinski definition) is 1. The van der Waals surface area contributed by atoms with E-state index >= 15 is 0 Å². The summed E-state index contributed by atoms with van der Waals surface area (Å²) in [7, 11) is 3.12. The summed E-state index contributed by atoms with van der Waals surface area (Å²) in [6.07, 6.45) is 0.508. The first-order chi connectivity index (χ1) is 9.65. The highest BCUT2D eigenvalue weighted by atomic mass is 19.1. The SMILES string of the molecule is COc1cccc(CC(N)c2c(F)cccc2OC)c1. The number of ether oxygens (including phenoxy) is 2. The topological polar surface area (TPSA) is 44.5 Å². The summed E-state index contributed by atoms with van der Waals surface area (Å²) in [6, 6.07) is 11.8. The molecule has 4 heteroatoms. The zero-order valence-corrected chi connectivity index (χ0v) is 11.6. The highest BCUT2D eigenvalue weighted by molar-refractivity contribution is 5.38. The number of rotatable bonds is 5. The fourth-order valence-corrected chi connectivity index (χ4v) is 2.21. The number of benzene rings is 2. The van der Waals surface area contributed by atoms with E-state index in [1.807, 2.05) is 24.3 Å². The third-order valence-electron chi connectivity index (χ3n) is 3.19. The van der Waals surface area contributed by atoms with Gasteiger partial charge >= 0.3 is 0 Å². The zero-order valence-electron chi connectivity index (χ0n) is 11.6. The molecule has 0 spiro atoms. The van der Waals surface area contributed by atoms with Crippen LogP contribution in [0.25, 0.3) is 0 Å². The van der Waals surface area contributed by atoms with E-state index in [4.69, 9.17) is 15.2 Å². The van der Waals surface area contributed by atoms with Crippen molar-refractivity contribution < 1.29 is 13.9 Å². The molecule has 0 bridgehead atoms. The van der Waals surface area contributed by atoms with E-state index in [1.165, 1.54) is 13.2 Å². The van der Waals surface area contributed by atoms with Crippen LogP contribution in [0.4, 0.5) is 4.39 Å². The minimum absolute atomic E-state index is 0.347. The molecular weight excluding hydrogens is 257 g/mol. The Hall–Kier alpha value is -2.07. The van der Waals surface area contributed by atoms with Gasteiger partial charge in [-0.25, -0.2) is 4.39 Å². The largest absolute Gasteiger partial charge is 0.497 e. The van der Waals surface area contributed by atoms with Crippen molar-refractivity contribution >= 4 is 0 Å². The molecule has 0 amide bonds. The van der Waals surface area contributed by atoms with E-state index in [-0.39, 0.29) is 5.82 Å². The van der Waals surface area contributed by atoms with Crippen LogP contribution in [-0.4, -0.2) is 14.2 Å². The van der Waals surface area contributed by atoms with E-state index in [2.05, 4.69) is 0 Å². The first kappa shape index (κ1) is 14.3. The van der Waals surface area contributed by atoms with Gasteiger partial charge in [-0.05, 0) is 36.2 Å². The first-order valence-electron chi connectivity index (χ1n) is 6.36. The van der Waals surface area contributed by atoms with Gasteiger partial charge in [-0.3, -0.25) is 0 Å². The van der Waals surface area contributed by atoms with Gasteiger partial charge < -0.3 is 15.2 Å². The van der Waals surface area contributed by atoms with Crippen molar-refractivity contribution in [1.29, 1.82) is 0 Å². The number of halogens is 1. The molecule has 3 nitrogen and oxygen atoms in total. The Morgan fingerprint density at radius 3 is 2.55 bits per heavy atom. The summed E-state index contributed by atoms with van der Waals surface area (Å²) in [5.41, 5.74) is 7.52. The zero-order chi connectivity index (χ0) is 14.5. The average molecular weight is 275 g/mol. The number of methoxy groups -OCH3 is 2. The van der Waals surface area contributed by atoms with Crippen LogP contribution < -0.4 is 15.2 Å². The van der Waals surface area contributed by atoms with Crippen LogP contribution in [0.1, 0.15) is 17.2 Å². The molecule has 0 saturated heterocycles. The minimum Gasteiger partial charge on any atom is -0.497 e. The Bertz CT molecular complexity index is 586. The molecule has 0 aliphatic heterocycles. The maximum atomic E-state index is 14.0. The molecule has 0 aliphatic rings. The van der Waals surface area contributed by atoms with E-state index < -0.39 is 6.04 Å². The molecule has 2 rings (SSSR count). The van der Waals surface area contributed by atoms with E-state index in [1.54, 1.807) is 19.2 Å². The second-order valence-corrected chi connectivity index (χ2v) is 4.52. The maximum Gasteiger partial charge on any atom is 0.131 e. The third kappa shape index (κ3) is 3.08. The first-order valence-corrected chi connectivity index (χ1v) is 6.36. The molecule has 0 aliphatic carbocycles. The maximum absolute atomic E-state index is 14.0. The van der Waals surface area contributed by atoms with Crippen LogP contribution in [0.5, 0.6) is 11.5 Å². The standard InChI is InChI=1S/C16H18FNO2/c1-19-12-6-3-5-11(9-12)10-14(18)16-13(17)7-4-8-15(16)20-2/h3-9,14H,10,18H2,1-2H3. The molecule has 2 N–H and O–H groups in total. The van der Waals surface area contributed by atoms with Gasteiger partial charge in [-0.1, -0.05) is 18.2 Å². The lowest BCUT2D eigenvalue weighted by Gasteiger charge is -2.17. The fraction of sp³-hybridized carbons (Fsp3) is 0.250. The van der Waals surface area contributed by atoms with Gasteiger partial charge in [0.25, 0.3) is 0 Å². The highest BCUT2D eigenvalue weighted by Gasteiger charge is 2.17. The predicted molar refractivity (Wildman–Crippen MR) is 76.6 cm³/mol. The molecule has 106 valence electrons. The fourth-order valence-electron chi connectivity index (χ4n) is 2.21. The third-order valence-corrected chi connectivity index (χ3v) is 3.19. The van der Waals surface area contributed by atoms with Crippen LogP contribution in [0.2, 0.25) is 0 Å². The number of nitrogens with two attached hydrogens (primary N) is 1. The van der Waals surface area contributed by atoms with Crippen molar-refractivity contribution in [2.24, 2.45) is 5.73 Å². The van der Waals surface area contributed by atoms with Gasteiger partial charge in [-0.2, -0.15) is 0 Å². The summed E-state index contributed by atoms with van der Waals surface area (Å²) in [6.45, 7) is 0. The molecular formula is C16H18FNO2. The van der Waals surface area contributed by atoms with Crippen LogP contribution in [-0.2, 0) is 6.42 Å². The van der Waals surface area contributed by atoms with Crippen molar-refractivity contribution in [2.75, 3.05) is 14.2 Å². The second-order valence-electron chi connectivity index (χ2n) is 4.52. The summed E-state index contributed by atoms with van der Waals surface area (Å²) < 4.78 is 24.3. The van der Waals surface area contributed by atoms with Crippen molar-refractivity contribution in [3.63, 3.8) is 0 Å². The van der Waals surface area contributed by atoms with Crippen LogP contribution in [0.3, 0.4) is 0 Å². The summed E-state index contributed by atoms with van der Waals surface area (Å²) >= 11 is 0. The molecule has 0 aromatic heterocycles. The van der Waals surface area contributed by atoms with Gasteiger partial charge in [0.2, 0.25) is 0 Å². The lowest BCUT2D eigenvalue weighted by atomic mass is 9.98. The lowest BCUT2D eigenvalue weighted by Crippen LogP contribution is -2.16. The summed E-state index contributed by atoms with van der Waals surface area (Å²) in [5.74, 6) is 0.885. The Morgan fingerprint density at radius 2 is 1.85 bits per heavy atom. The monoisotopic (exact) mass is 275 g/mol. The van der Waals surface area contributed by atoms with Crippen LogP contribution in [0, 0.1) is 5.82 Å². The highest BCUT2D eigenvalue weighted by Crippen LogP contribution is 2.29. The normalized spacial score (nSPS) is 12.0. The van der Waals surface area contributed by atoms with E-state index in [0.717, 1.165) is 11.3 Å². The molecule has 2 aromatic rings. The summed E-state index contributed by atoms with van der Waals surface area (Å²) in [5, 5.41) is 0. The predicted octanol–water partition coefficient (Wildman–Crippen LogP) is 3.09. The molecule has 20 heavy (non-hydrogen) atoms. The Balaban J connectivity index is 2.25. The van der Waals surface area contributed by atoms with Crippen LogP contribution in [0.15, 0.2) is 42.5 Å². The molecule has 1 unspecified atom stereocenters. The molecule has 0 radical (unpaired) electrons. The molecule has 0 heterocycles. The molecule has 0 fully saturated rings. The second kappa shape index (κ2) is 6.39. The van der Waals surface area contributed by atoms with Crippen molar-refractivity contribution in [3.05, 3.63) is 59.4 Å². The Kier molecular flexibility index (Phi) is 4.58. The van der Waals surface area contributed by atoms with E-state index in [9.17, 15) is 4.39 Å². The van der Waals surface area contributed by atoms with Crippen LogP contribution >= 0.6 is 0 Å².